The summed E-state index contributed by atoms with van der Waals surface area (Å²) in [5.74, 6) is 0.919. The van der Waals surface area contributed by atoms with Gasteiger partial charge >= 0.3 is 6.61 Å². The Bertz CT molecular complexity index is 611. The predicted octanol–water partition coefficient (Wildman–Crippen LogP) is 3.65. The summed E-state index contributed by atoms with van der Waals surface area (Å²) in [6.45, 7) is -0.941. The molecule has 0 aliphatic rings. The van der Waals surface area contributed by atoms with E-state index in [0.29, 0.717) is 23.8 Å². The minimum absolute atomic E-state index is 0.139. The van der Waals surface area contributed by atoms with Crippen LogP contribution in [0, 0.1) is 0 Å². The lowest BCUT2D eigenvalue weighted by molar-refractivity contribution is -0.0505. The van der Waals surface area contributed by atoms with Gasteiger partial charge in [0.2, 0.25) is 11.8 Å². The lowest BCUT2D eigenvalue weighted by atomic mass is 10.0. The summed E-state index contributed by atoms with van der Waals surface area (Å²) in [6, 6.07) is 8.03. The number of para-hydroxylation sites is 1. The first kappa shape index (κ1) is 15.9. The average molecular weight is 309 g/mol. The van der Waals surface area contributed by atoms with Crippen LogP contribution in [0.25, 0.3) is 0 Å². The Kier molecular flexibility index (Phi) is 5.46. The minimum atomic E-state index is -2.87. The normalized spacial score (nSPS) is 12.0. The summed E-state index contributed by atoms with van der Waals surface area (Å²) >= 11 is 0. The molecule has 1 unspecified atom stereocenters. The van der Waals surface area contributed by atoms with Crippen molar-refractivity contribution in [2.75, 3.05) is 12.4 Å². The summed E-state index contributed by atoms with van der Waals surface area (Å²) in [5, 5.41) is 3.11. The highest BCUT2D eigenvalue weighted by molar-refractivity contribution is 5.41. The third-order valence-corrected chi connectivity index (χ3v) is 3.06. The Morgan fingerprint density at radius 3 is 2.68 bits per heavy atom. The molecular weight excluding hydrogens is 292 g/mol. The predicted molar refractivity (Wildman–Crippen MR) is 78.3 cm³/mol. The Morgan fingerprint density at radius 1 is 1.23 bits per heavy atom. The van der Waals surface area contributed by atoms with Crippen molar-refractivity contribution in [1.29, 1.82) is 0 Å². The second-order valence-electron chi connectivity index (χ2n) is 4.44. The first-order chi connectivity index (χ1) is 10.6. The van der Waals surface area contributed by atoms with E-state index in [1.807, 2.05) is 6.92 Å². The summed E-state index contributed by atoms with van der Waals surface area (Å²) in [7, 11) is 1.51. The number of hydrogen-bond donors (Lipinski definition) is 1. The van der Waals surface area contributed by atoms with Crippen LogP contribution in [0.15, 0.2) is 36.5 Å². The second-order valence-corrected chi connectivity index (χ2v) is 4.44. The molecule has 1 aromatic carbocycles. The highest BCUT2D eigenvalue weighted by Gasteiger charge is 2.17. The molecule has 1 N–H and O–H groups in total. The summed E-state index contributed by atoms with van der Waals surface area (Å²) in [4.78, 5) is 8.26. The van der Waals surface area contributed by atoms with Crippen LogP contribution < -0.4 is 14.8 Å². The van der Waals surface area contributed by atoms with Crippen molar-refractivity contribution < 1.29 is 18.3 Å². The van der Waals surface area contributed by atoms with Gasteiger partial charge in [-0.05, 0) is 12.5 Å². The van der Waals surface area contributed by atoms with Crippen molar-refractivity contribution in [2.24, 2.45) is 0 Å². The molecule has 0 amide bonds. The number of alkyl halides is 2. The molecule has 0 aliphatic heterocycles. The van der Waals surface area contributed by atoms with Crippen molar-refractivity contribution >= 4 is 5.95 Å². The molecule has 0 saturated heterocycles. The first-order valence-corrected chi connectivity index (χ1v) is 6.81. The van der Waals surface area contributed by atoms with Gasteiger partial charge in [0.1, 0.15) is 5.75 Å². The van der Waals surface area contributed by atoms with Crippen LogP contribution in [-0.4, -0.2) is 23.7 Å². The third kappa shape index (κ3) is 4.03. The van der Waals surface area contributed by atoms with Crippen LogP contribution in [0.1, 0.15) is 24.9 Å². The van der Waals surface area contributed by atoms with E-state index < -0.39 is 6.61 Å². The monoisotopic (exact) mass is 309 g/mol. The number of ether oxygens (including phenoxy) is 2. The number of nitrogens with one attached hydrogen (secondary N) is 1. The molecule has 1 heterocycles. The van der Waals surface area contributed by atoms with E-state index in [1.54, 1.807) is 30.5 Å². The van der Waals surface area contributed by atoms with Gasteiger partial charge in [0, 0.05) is 17.8 Å². The second kappa shape index (κ2) is 7.53. The van der Waals surface area contributed by atoms with Gasteiger partial charge in [0.15, 0.2) is 0 Å². The van der Waals surface area contributed by atoms with Gasteiger partial charge in [-0.3, -0.25) is 0 Å². The lowest BCUT2D eigenvalue weighted by Gasteiger charge is -2.20. The summed E-state index contributed by atoms with van der Waals surface area (Å²) in [6.07, 6.45) is 2.20. The van der Waals surface area contributed by atoms with E-state index in [2.05, 4.69) is 20.0 Å². The summed E-state index contributed by atoms with van der Waals surface area (Å²) < 4.78 is 34.6. The van der Waals surface area contributed by atoms with Crippen molar-refractivity contribution in [3.8, 4) is 11.6 Å². The number of anilines is 1. The van der Waals surface area contributed by atoms with Crippen molar-refractivity contribution in [1.82, 2.24) is 9.97 Å². The van der Waals surface area contributed by atoms with E-state index >= 15 is 0 Å². The zero-order valence-corrected chi connectivity index (χ0v) is 12.3. The molecule has 1 aromatic heterocycles. The quantitative estimate of drug-likeness (QED) is 0.846. The van der Waals surface area contributed by atoms with Crippen LogP contribution in [0.3, 0.4) is 0 Å². The maximum atomic E-state index is 12.5. The largest absolute Gasteiger partial charge is 0.481 e. The lowest BCUT2D eigenvalue weighted by Crippen LogP contribution is -2.14. The molecule has 2 rings (SSSR count). The SMILES string of the molecule is CCC(Nc1nccc(OC)n1)c1ccccc1OC(F)F. The molecule has 0 radical (unpaired) electrons. The van der Waals surface area contributed by atoms with Crippen LogP contribution in [0.4, 0.5) is 14.7 Å². The number of hydrogen-bond acceptors (Lipinski definition) is 5. The number of benzene rings is 1. The summed E-state index contributed by atoms with van der Waals surface area (Å²) in [5.41, 5.74) is 0.622. The molecule has 5 nitrogen and oxygen atoms in total. The smallest absolute Gasteiger partial charge is 0.387 e. The molecule has 0 spiro atoms. The van der Waals surface area contributed by atoms with Gasteiger partial charge < -0.3 is 14.8 Å². The molecule has 0 aliphatic carbocycles. The van der Waals surface area contributed by atoms with Gasteiger partial charge in [-0.2, -0.15) is 13.8 Å². The molecule has 22 heavy (non-hydrogen) atoms. The maximum absolute atomic E-state index is 12.5. The van der Waals surface area contributed by atoms with E-state index in [1.165, 1.54) is 13.2 Å². The zero-order chi connectivity index (χ0) is 15.9. The Balaban J connectivity index is 2.24. The third-order valence-electron chi connectivity index (χ3n) is 3.06. The van der Waals surface area contributed by atoms with E-state index in [4.69, 9.17) is 4.74 Å². The highest BCUT2D eigenvalue weighted by Crippen LogP contribution is 2.30. The number of halogens is 2. The van der Waals surface area contributed by atoms with E-state index in [0.717, 1.165) is 0 Å². The highest BCUT2D eigenvalue weighted by atomic mass is 19.3. The number of rotatable bonds is 7. The number of nitrogens with zero attached hydrogens (tertiary/aromatic N) is 2. The number of aromatic nitrogens is 2. The average Bonchev–Trinajstić information content (AvgIpc) is 2.53. The Hall–Kier alpha value is -2.44. The molecule has 0 bridgehead atoms. The Labute approximate surface area is 127 Å². The van der Waals surface area contributed by atoms with Crippen LogP contribution in [-0.2, 0) is 0 Å². The van der Waals surface area contributed by atoms with E-state index in [9.17, 15) is 8.78 Å². The molecule has 0 saturated carbocycles. The zero-order valence-electron chi connectivity index (χ0n) is 12.3. The van der Waals surface area contributed by atoms with Crippen molar-refractivity contribution in [3.05, 3.63) is 42.1 Å². The first-order valence-electron chi connectivity index (χ1n) is 6.81. The minimum Gasteiger partial charge on any atom is -0.481 e. The maximum Gasteiger partial charge on any atom is 0.387 e. The molecule has 0 fully saturated rings. The molecular formula is C15H17F2N3O2. The molecule has 2 aromatic rings. The van der Waals surface area contributed by atoms with E-state index in [-0.39, 0.29) is 11.8 Å². The van der Waals surface area contributed by atoms with Gasteiger partial charge in [0.25, 0.3) is 0 Å². The van der Waals surface area contributed by atoms with Crippen LogP contribution in [0.2, 0.25) is 0 Å². The molecule has 7 heteroatoms. The van der Waals surface area contributed by atoms with Crippen LogP contribution in [0.5, 0.6) is 11.6 Å². The standard InChI is InChI=1S/C15H17F2N3O2/c1-3-11(19-15-18-9-8-13(20-15)21-2)10-6-4-5-7-12(10)22-14(16)17/h4-9,11,14H,3H2,1-2H3,(H,18,19,20). The van der Waals surface area contributed by atoms with Crippen molar-refractivity contribution in [3.63, 3.8) is 0 Å². The van der Waals surface area contributed by atoms with Gasteiger partial charge in [-0.15, -0.1) is 0 Å². The fourth-order valence-corrected chi connectivity index (χ4v) is 2.05. The molecule has 1 atom stereocenters. The van der Waals surface area contributed by atoms with Crippen molar-refractivity contribution in [2.45, 2.75) is 26.0 Å². The van der Waals surface area contributed by atoms with Gasteiger partial charge in [-0.1, -0.05) is 25.1 Å². The Morgan fingerprint density at radius 2 is 2.00 bits per heavy atom. The fourth-order valence-electron chi connectivity index (χ4n) is 2.05. The van der Waals surface area contributed by atoms with Crippen LogP contribution >= 0.6 is 0 Å². The fraction of sp³-hybridized carbons (Fsp3) is 0.333. The van der Waals surface area contributed by atoms with Gasteiger partial charge in [-0.25, -0.2) is 4.98 Å². The number of methoxy groups -OCH3 is 1. The van der Waals surface area contributed by atoms with Gasteiger partial charge in [0.05, 0.1) is 13.2 Å². The topological polar surface area (TPSA) is 56.3 Å². The molecule has 118 valence electrons.